The Labute approximate surface area is 166 Å². The predicted octanol–water partition coefficient (Wildman–Crippen LogP) is 5.26. The first-order valence-electron chi connectivity index (χ1n) is 7.60. The summed E-state index contributed by atoms with van der Waals surface area (Å²) in [6.07, 6.45) is 0. The van der Waals surface area contributed by atoms with Gasteiger partial charge in [0.15, 0.2) is 0 Å². The zero-order valence-corrected chi connectivity index (χ0v) is 15.7. The van der Waals surface area contributed by atoms with Gasteiger partial charge in [0.05, 0.1) is 12.7 Å². The SMILES string of the molecule is COc1ccc(Cl)cc1-c1nnc(NC(=O)c2ccc(SC(F)(F)F)cc2)o1. The second-order valence-electron chi connectivity index (χ2n) is 5.28. The van der Waals surface area contributed by atoms with Gasteiger partial charge in [-0.15, -0.1) is 5.10 Å². The summed E-state index contributed by atoms with van der Waals surface area (Å²) in [6, 6.07) is 9.56. The number of benzene rings is 2. The largest absolute Gasteiger partial charge is 0.496 e. The first-order valence-corrected chi connectivity index (χ1v) is 8.79. The van der Waals surface area contributed by atoms with E-state index in [-0.39, 0.29) is 34.1 Å². The maximum absolute atomic E-state index is 12.3. The topological polar surface area (TPSA) is 77.3 Å². The van der Waals surface area contributed by atoms with Gasteiger partial charge >= 0.3 is 11.5 Å². The number of anilines is 1. The minimum Gasteiger partial charge on any atom is -0.496 e. The van der Waals surface area contributed by atoms with Crippen LogP contribution in [-0.2, 0) is 0 Å². The summed E-state index contributed by atoms with van der Waals surface area (Å²) < 4.78 is 47.7. The van der Waals surface area contributed by atoms with Gasteiger partial charge in [-0.3, -0.25) is 10.1 Å². The average molecular weight is 430 g/mol. The van der Waals surface area contributed by atoms with Gasteiger partial charge in [-0.1, -0.05) is 16.7 Å². The molecule has 11 heteroatoms. The van der Waals surface area contributed by atoms with Crippen molar-refractivity contribution >= 4 is 35.3 Å². The number of nitrogens with zero attached hydrogens (tertiary/aromatic N) is 2. The van der Waals surface area contributed by atoms with Crippen LogP contribution in [0.25, 0.3) is 11.5 Å². The van der Waals surface area contributed by atoms with Crippen molar-refractivity contribution in [2.24, 2.45) is 0 Å². The van der Waals surface area contributed by atoms with Crippen molar-refractivity contribution in [2.45, 2.75) is 10.4 Å². The number of methoxy groups -OCH3 is 1. The number of nitrogens with one attached hydrogen (secondary N) is 1. The molecule has 0 fully saturated rings. The molecular formula is C17H11ClF3N3O3S. The molecule has 0 atom stereocenters. The van der Waals surface area contributed by atoms with E-state index in [1.165, 1.54) is 31.4 Å². The molecule has 1 amide bonds. The van der Waals surface area contributed by atoms with Crippen LogP contribution < -0.4 is 10.1 Å². The van der Waals surface area contributed by atoms with Gasteiger partial charge in [0.25, 0.3) is 11.8 Å². The lowest BCUT2D eigenvalue weighted by Gasteiger charge is -2.06. The Bertz CT molecular complexity index is 993. The zero-order chi connectivity index (χ0) is 20.3. The van der Waals surface area contributed by atoms with Crippen LogP contribution in [0.2, 0.25) is 5.02 Å². The third kappa shape index (κ3) is 4.96. The highest BCUT2D eigenvalue weighted by Gasteiger charge is 2.29. The van der Waals surface area contributed by atoms with Gasteiger partial charge in [0.2, 0.25) is 0 Å². The van der Waals surface area contributed by atoms with Crippen molar-refractivity contribution in [1.29, 1.82) is 0 Å². The summed E-state index contributed by atoms with van der Waals surface area (Å²) in [5.41, 5.74) is -3.83. The third-order valence-electron chi connectivity index (χ3n) is 3.39. The summed E-state index contributed by atoms with van der Waals surface area (Å²) in [5, 5.41) is 10.4. The highest BCUT2D eigenvalue weighted by molar-refractivity contribution is 8.00. The van der Waals surface area contributed by atoms with E-state index in [0.29, 0.717) is 16.3 Å². The van der Waals surface area contributed by atoms with E-state index in [1.807, 2.05) is 0 Å². The second kappa shape index (κ2) is 8.11. The summed E-state index contributed by atoms with van der Waals surface area (Å²) in [5.74, 6) is -0.0907. The molecule has 0 bridgehead atoms. The van der Waals surface area contributed by atoms with Gasteiger partial charge < -0.3 is 9.15 Å². The monoisotopic (exact) mass is 429 g/mol. The predicted molar refractivity (Wildman–Crippen MR) is 97.6 cm³/mol. The van der Waals surface area contributed by atoms with Crippen LogP contribution in [0.4, 0.5) is 19.2 Å². The minimum atomic E-state index is -4.40. The highest BCUT2D eigenvalue weighted by Crippen LogP contribution is 2.37. The number of aromatic nitrogens is 2. The van der Waals surface area contributed by atoms with Gasteiger partial charge in [-0.25, -0.2) is 0 Å². The van der Waals surface area contributed by atoms with Gasteiger partial charge in [0.1, 0.15) is 5.75 Å². The fourth-order valence-electron chi connectivity index (χ4n) is 2.21. The van der Waals surface area contributed by atoms with Crippen LogP contribution in [-0.4, -0.2) is 28.7 Å². The molecule has 1 aromatic heterocycles. The molecule has 0 aliphatic heterocycles. The van der Waals surface area contributed by atoms with Crippen molar-refractivity contribution in [3.63, 3.8) is 0 Å². The van der Waals surface area contributed by atoms with Crippen LogP contribution in [0.1, 0.15) is 10.4 Å². The van der Waals surface area contributed by atoms with E-state index in [2.05, 4.69) is 15.5 Å². The number of halogens is 4. The van der Waals surface area contributed by atoms with E-state index in [4.69, 9.17) is 20.8 Å². The van der Waals surface area contributed by atoms with Crippen molar-refractivity contribution in [1.82, 2.24) is 10.2 Å². The number of amides is 1. The Hall–Kier alpha value is -2.72. The Morgan fingerprint density at radius 2 is 1.89 bits per heavy atom. The first kappa shape index (κ1) is 20.0. The minimum absolute atomic E-state index is 0.0304. The number of thioether (sulfide) groups is 1. The molecule has 0 spiro atoms. The average Bonchev–Trinajstić information content (AvgIpc) is 3.09. The summed E-state index contributed by atoms with van der Waals surface area (Å²) in [4.78, 5) is 12.2. The van der Waals surface area contributed by atoms with Crippen LogP contribution in [0.5, 0.6) is 5.75 Å². The molecular weight excluding hydrogens is 419 g/mol. The Balaban J connectivity index is 1.73. The lowest BCUT2D eigenvalue weighted by Crippen LogP contribution is -2.12. The molecule has 28 heavy (non-hydrogen) atoms. The summed E-state index contributed by atoms with van der Waals surface area (Å²) in [7, 11) is 1.46. The molecule has 0 saturated carbocycles. The molecule has 3 aromatic rings. The smallest absolute Gasteiger partial charge is 0.446 e. The fourth-order valence-corrected chi connectivity index (χ4v) is 2.92. The Morgan fingerprint density at radius 1 is 1.18 bits per heavy atom. The van der Waals surface area contributed by atoms with E-state index >= 15 is 0 Å². The molecule has 0 aliphatic carbocycles. The lowest BCUT2D eigenvalue weighted by molar-refractivity contribution is -0.0328. The highest BCUT2D eigenvalue weighted by atomic mass is 35.5. The van der Waals surface area contributed by atoms with Crippen LogP contribution >= 0.6 is 23.4 Å². The number of ether oxygens (including phenoxy) is 1. The first-order chi connectivity index (χ1) is 13.2. The molecule has 2 aromatic carbocycles. The van der Waals surface area contributed by atoms with Gasteiger partial charge in [-0.05, 0) is 54.2 Å². The number of hydrogen-bond donors (Lipinski definition) is 1. The quantitative estimate of drug-likeness (QED) is 0.557. The van der Waals surface area contributed by atoms with Crippen molar-refractivity contribution in [3.8, 4) is 17.2 Å². The van der Waals surface area contributed by atoms with Gasteiger partial charge in [-0.2, -0.15) is 13.2 Å². The van der Waals surface area contributed by atoms with E-state index in [1.54, 1.807) is 18.2 Å². The van der Waals surface area contributed by atoms with E-state index < -0.39 is 11.4 Å². The Morgan fingerprint density at radius 3 is 2.54 bits per heavy atom. The fraction of sp³-hybridized carbons (Fsp3) is 0.118. The standard InChI is InChI=1S/C17H11ClF3N3O3S/c1-26-13-7-4-10(18)8-12(13)15-23-24-16(27-15)22-14(25)9-2-5-11(6-3-9)28-17(19,20)21/h2-8H,1H3,(H,22,24,25). The summed E-state index contributed by atoms with van der Waals surface area (Å²) in [6.45, 7) is 0. The van der Waals surface area contributed by atoms with Crippen molar-refractivity contribution in [3.05, 3.63) is 53.1 Å². The van der Waals surface area contributed by atoms with Crippen LogP contribution in [0, 0.1) is 0 Å². The molecule has 3 rings (SSSR count). The number of carbonyl (C=O) groups excluding carboxylic acids is 1. The molecule has 0 unspecified atom stereocenters. The molecule has 1 N–H and O–H groups in total. The molecule has 0 aliphatic rings. The summed E-state index contributed by atoms with van der Waals surface area (Å²) >= 11 is 5.70. The number of carbonyl (C=O) groups is 1. The number of hydrogen-bond acceptors (Lipinski definition) is 6. The van der Waals surface area contributed by atoms with Crippen LogP contribution in [0.3, 0.4) is 0 Å². The maximum Gasteiger partial charge on any atom is 0.446 e. The second-order valence-corrected chi connectivity index (χ2v) is 6.86. The third-order valence-corrected chi connectivity index (χ3v) is 4.36. The van der Waals surface area contributed by atoms with Crippen molar-refractivity contribution < 1.29 is 27.1 Å². The Kier molecular flexibility index (Phi) is 5.80. The molecule has 0 saturated heterocycles. The van der Waals surface area contributed by atoms with Gasteiger partial charge in [0, 0.05) is 15.5 Å². The van der Waals surface area contributed by atoms with E-state index in [9.17, 15) is 18.0 Å². The number of alkyl halides is 3. The number of rotatable bonds is 5. The van der Waals surface area contributed by atoms with E-state index in [0.717, 1.165) is 0 Å². The van der Waals surface area contributed by atoms with Crippen molar-refractivity contribution in [2.75, 3.05) is 12.4 Å². The molecule has 146 valence electrons. The molecule has 6 nitrogen and oxygen atoms in total. The van der Waals surface area contributed by atoms with Crippen LogP contribution in [0.15, 0.2) is 51.8 Å². The maximum atomic E-state index is 12.3. The molecule has 1 heterocycles. The molecule has 0 radical (unpaired) electrons. The zero-order valence-electron chi connectivity index (χ0n) is 14.1. The normalized spacial score (nSPS) is 11.3. The lowest BCUT2D eigenvalue weighted by atomic mass is 10.2.